The molecule has 1 saturated heterocycles. The van der Waals surface area contributed by atoms with E-state index in [0.29, 0.717) is 17.9 Å². The second-order valence-corrected chi connectivity index (χ2v) is 7.33. The maximum Gasteiger partial charge on any atom is 0.177 e. The Morgan fingerprint density at radius 3 is 2.55 bits per heavy atom. The second-order valence-electron chi connectivity index (χ2n) is 7.33. The van der Waals surface area contributed by atoms with Crippen molar-refractivity contribution in [2.75, 3.05) is 19.6 Å². The van der Waals surface area contributed by atoms with Crippen LogP contribution in [0.4, 0.5) is 0 Å². The van der Waals surface area contributed by atoms with Gasteiger partial charge in [-0.05, 0) is 43.7 Å². The smallest absolute Gasteiger partial charge is 0.177 e. The molecule has 1 unspecified atom stereocenters. The van der Waals surface area contributed by atoms with Gasteiger partial charge in [-0.15, -0.1) is 0 Å². The molecule has 0 saturated carbocycles. The van der Waals surface area contributed by atoms with Crippen LogP contribution in [0.3, 0.4) is 0 Å². The predicted molar refractivity (Wildman–Crippen MR) is 84.2 cm³/mol. The van der Waals surface area contributed by atoms with Crippen molar-refractivity contribution in [3.05, 3.63) is 34.9 Å². The Morgan fingerprint density at radius 1 is 1.30 bits per heavy atom. The maximum atomic E-state index is 12.4. The highest BCUT2D eigenvalue weighted by atomic mass is 16.1. The Kier molecular flexibility index (Phi) is 4.33. The molecule has 1 aliphatic rings. The summed E-state index contributed by atoms with van der Waals surface area (Å²) < 4.78 is 0. The van der Waals surface area contributed by atoms with Crippen LogP contribution in [0, 0.1) is 25.2 Å². The quantitative estimate of drug-likeness (QED) is 0.780. The molecule has 2 heteroatoms. The van der Waals surface area contributed by atoms with Gasteiger partial charge in [0.2, 0.25) is 0 Å². The molecule has 20 heavy (non-hydrogen) atoms. The summed E-state index contributed by atoms with van der Waals surface area (Å²) in [5.41, 5.74) is 3.54. The first kappa shape index (κ1) is 15.2. The molecular formula is C18H27NO. The van der Waals surface area contributed by atoms with Crippen LogP contribution in [0.15, 0.2) is 18.2 Å². The first-order chi connectivity index (χ1) is 9.27. The van der Waals surface area contributed by atoms with Crippen LogP contribution in [-0.4, -0.2) is 30.3 Å². The molecule has 1 heterocycles. The minimum absolute atomic E-state index is 0.261. The van der Waals surface area contributed by atoms with Crippen molar-refractivity contribution in [1.29, 1.82) is 0 Å². The Hall–Kier alpha value is -1.15. The first-order valence-electron chi connectivity index (χ1n) is 7.60. The Bertz CT molecular complexity index is 499. The monoisotopic (exact) mass is 273 g/mol. The number of aryl methyl sites for hydroxylation is 2. The minimum atomic E-state index is 0.261. The molecule has 1 aromatic carbocycles. The van der Waals surface area contributed by atoms with Crippen LogP contribution >= 0.6 is 0 Å². The van der Waals surface area contributed by atoms with Crippen LogP contribution in [0.5, 0.6) is 0 Å². The molecule has 110 valence electrons. The number of carbonyl (C=O) groups excluding carboxylic acids is 1. The zero-order valence-corrected chi connectivity index (χ0v) is 13.5. The van der Waals surface area contributed by atoms with E-state index in [-0.39, 0.29) is 5.78 Å². The predicted octanol–water partition coefficient (Wildman–Crippen LogP) is 3.85. The van der Waals surface area contributed by atoms with Gasteiger partial charge < -0.3 is 0 Å². The second kappa shape index (κ2) is 5.69. The van der Waals surface area contributed by atoms with Crippen LogP contribution in [0.1, 0.15) is 48.7 Å². The van der Waals surface area contributed by atoms with E-state index in [1.54, 1.807) is 0 Å². The molecule has 0 radical (unpaired) electrons. The highest BCUT2D eigenvalue weighted by Crippen LogP contribution is 2.33. The van der Waals surface area contributed by atoms with E-state index >= 15 is 0 Å². The number of hydrogen-bond donors (Lipinski definition) is 0. The van der Waals surface area contributed by atoms with Gasteiger partial charge in [0, 0.05) is 12.1 Å². The molecule has 1 atom stereocenters. The normalized spacial score (nSPS) is 20.4. The third-order valence-corrected chi connectivity index (χ3v) is 4.55. The average Bonchev–Trinajstić information content (AvgIpc) is 2.76. The molecule has 0 aromatic heterocycles. The van der Waals surface area contributed by atoms with Crippen molar-refractivity contribution in [2.45, 2.75) is 41.0 Å². The lowest BCUT2D eigenvalue weighted by molar-refractivity contribution is 0.0937. The zero-order chi connectivity index (χ0) is 14.9. The standard InChI is InChI=1S/C18H27NO/c1-13-6-7-16(14(2)10-13)17(20)12-19-9-8-15(11-19)18(3,4)5/h6-7,10,15H,8-9,11-12H2,1-5H3. The van der Waals surface area contributed by atoms with E-state index in [4.69, 9.17) is 0 Å². The van der Waals surface area contributed by atoms with Crippen LogP contribution in [0.2, 0.25) is 0 Å². The molecule has 1 fully saturated rings. The summed E-state index contributed by atoms with van der Waals surface area (Å²) in [6.45, 7) is 13.7. The summed E-state index contributed by atoms with van der Waals surface area (Å²) in [5.74, 6) is 0.964. The number of likely N-dealkylation sites (tertiary alicyclic amines) is 1. The van der Waals surface area contributed by atoms with Crippen molar-refractivity contribution in [2.24, 2.45) is 11.3 Å². The van der Waals surface area contributed by atoms with Gasteiger partial charge >= 0.3 is 0 Å². The van der Waals surface area contributed by atoms with Crippen molar-refractivity contribution in [3.8, 4) is 0 Å². The lowest BCUT2D eigenvalue weighted by atomic mass is 9.80. The summed E-state index contributed by atoms with van der Waals surface area (Å²) in [5, 5.41) is 0. The van der Waals surface area contributed by atoms with Gasteiger partial charge in [-0.2, -0.15) is 0 Å². The lowest BCUT2D eigenvalue weighted by Crippen LogP contribution is -2.30. The summed E-state index contributed by atoms with van der Waals surface area (Å²) in [4.78, 5) is 14.8. The highest BCUT2D eigenvalue weighted by molar-refractivity contribution is 5.99. The third kappa shape index (κ3) is 3.49. The van der Waals surface area contributed by atoms with Crippen molar-refractivity contribution >= 4 is 5.78 Å². The molecule has 2 nitrogen and oxygen atoms in total. The van der Waals surface area contributed by atoms with Gasteiger partial charge in [-0.1, -0.05) is 44.5 Å². The Morgan fingerprint density at radius 2 is 2.00 bits per heavy atom. The van der Waals surface area contributed by atoms with Crippen molar-refractivity contribution < 1.29 is 4.79 Å². The fraction of sp³-hybridized carbons (Fsp3) is 0.611. The Labute approximate surface area is 123 Å². The molecule has 0 spiro atoms. The van der Waals surface area contributed by atoms with Crippen molar-refractivity contribution in [3.63, 3.8) is 0 Å². The Balaban J connectivity index is 1.99. The van der Waals surface area contributed by atoms with E-state index in [0.717, 1.165) is 24.2 Å². The van der Waals surface area contributed by atoms with Gasteiger partial charge in [0.25, 0.3) is 0 Å². The number of ketones is 1. The van der Waals surface area contributed by atoms with Crippen molar-refractivity contribution in [1.82, 2.24) is 4.90 Å². The summed E-state index contributed by atoms with van der Waals surface area (Å²) in [6, 6.07) is 6.10. The van der Waals surface area contributed by atoms with Gasteiger partial charge in [0.1, 0.15) is 0 Å². The van der Waals surface area contributed by atoms with E-state index in [1.165, 1.54) is 12.0 Å². The number of nitrogens with zero attached hydrogens (tertiary/aromatic N) is 1. The molecule has 1 aromatic rings. The van der Waals surface area contributed by atoms with Gasteiger partial charge in [0.15, 0.2) is 5.78 Å². The third-order valence-electron chi connectivity index (χ3n) is 4.55. The minimum Gasteiger partial charge on any atom is -0.295 e. The SMILES string of the molecule is Cc1ccc(C(=O)CN2CCC(C(C)(C)C)C2)c(C)c1. The van der Waals surface area contributed by atoms with Gasteiger partial charge in [-0.3, -0.25) is 9.69 Å². The molecule has 0 aliphatic carbocycles. The molecule has 2 rings (SSSR count). The fourth-order valence-corrected chi connectivity index (χ4v) is 3.10. The number of benzene rings is 1. The summed E-state index contributed by atoms with van der Waals surface area (Å²) in [7, 11) is 0. The van der Waals surface area contributed by atoms with Gasteiger partial charge in [0.05, 0.1) is 6.54 Å². The largest absolute Gasteiger partial charge is 0.295 e. The van der Waals surface area contributed by atoms with E-state index in [1.807, 2.05) is 19.1 Å². The number of Topliss-reactive ketones (excluding diaryl/α,β-unsaturated/α-hetero) is 1. The molecule has 0 bridgehead atoms. The molecule has 0 N–H and O–H groups in total. The molecule has 1 aliphatic heterocycles. The number of rotatable bonds is 3. The molecular weight excluding hydrogens is 246 g/mol. The number of hydrogen-bond acceptors (Lipinski definition) is 2. The highest BCUT2D eigenvalue weighted by Gasteiger charge is 2.32. The molecule has 0 amide bonds. The number of carbonyl (C=O) groups is 1. The lowest BCUT2D eigenvalue weighted by Gasteiger charge is -2.27. The van der Waals surface area contributed by atoms with Crippen LogP contribution < -0.4 is 0 Å². The summed E-state index contributed by atoms with van der Waals surface area (Å²) >= 11 is 0. The zero-order valence-electron chi connectivity index (χ0n) is 13.5. The topological polar surface area (TPSA) is 20.3 Å². The van der Waals surface area contributed by atoms with E-state index in [2.05, 4.69) is 38.7 Å². The maximum absolute atomic E-state index is 12.4. The fourth-order valence-electron chi connectivity index (χ4n) is 3.10. The average molecular weight is 273 g/mol. The van der Waals surface area contributed by atoms with E-state index in [9.17, 15) is 4.79 Å². The first-order valence-corrected chi connectivity index (χ1v) is 7.60. The van der Waals surface area contributed by atoms with Gasteiger partial charge in [-0.25, -0.2) is 0 Å². The summed E-state index contributed by atoms with van der Waals surface area (Å²) in [6.07, 6.45) is 1.21. The van der Waals surface area contributed by atoms with Crippen LogP contribution in [0.25, 0.3) is 0 Å². The van der Waals surface area contributed by atoms with Crippen LogP contribution in [-0.2, 0) is 0 Å². The van der Waals surface area contributed by atoms with E-state index < -0.39 is 0 Å².